The Morgan fingerprint density at radius 1 is 1.33 bits per heavy atom. The first-order valence-electron chi connectivity index (χ1n) is 4.82. The first-order valence-corrected chi connectivity index (χ1v) is 6.31. The van der Waals surface area contributed by atoms with Crippen molar-refractivity contribution in [3.8, 4) is 0 Å². The van der Waals surface area contributed by atoms with Gasteiger partial charge in [-0.25, -0.2) is 13.1 Å². The van der Waals surface area contributed by atoms with Crippen LogP contribution in [0.15, 0.2) is 11.2 Å². The van der Waals surface area contributed by atoms with Gasteiger partial charge in [-0.05, 0) is 34.6 Å². The maximum absolute atomic E-state index is 12.0. The Kier molecular flexibility index (Phi) is 2.91. The van der Waals surface area contributed by atoms with Gasteiger partial charge in [0.2, 0.25) is 9.84 Å². The lowest BCUT2D eigenvalue weighted by Crippen LogP contribution is -2.28. The van der Waals surface area contributed by atoms with Crippen molar-refractivity contribution in [2.45, 2.75) is 50.4 Å². The number of nitrogens with zero attached hydrogens (tertiary/aromatic N) is 3. The maximum Gasteiger partial charge on any atom is 0.203 e. The van der Waals surface area contributed by atoms with E-state index in [0.717, 1.165) is 0 Å². The molecule has 0 aromatic carbocycles. The van der Waals surface area contributed by atoms with Crippen LogP contribution in [0.4, 0.5) is 0 Å². The first kappa shape index (κ1) is 12.2. The van der Waals surface area contributed by atoms with Gasteiger partial charge in [0.15, 0.2) is 5.03 Å². The van der Waals surface area contributed by atoms with E-state index in [1.165, 1.54) is 6.20 Å². The fourth-order valence-corrected chi connectivity index (χ4v) is 1.97. The quantitative estimate of drug-likeness (QED) is 0.772. The highest BCUT2D eigenvalue weighted by Crippen LogP contribution is 2.23. The molecule has 0 aliphatic heterocycles. The lowest BCUT2D eigenvalue weighted by molar-refractivity contribution is 0.514. The topological polar surface area (TPSA) is 64.8 Å². The van der Waals surface area contributed by atoms with Crippen LogP contribution in [0.5, 0.6) is 0 Å². The molecule has 0 atom stereocenters. The standard InChI is InChI=1S/C9H17N3O2S/c1-7(2)12-6-8(10-11-12)15(13,14)9(3,4)5/h6-7H,1-5H3. The van der Waals surface area contributed by atoms with Crippen LogP contribution in [0.1, 0.15) is 40.7 Å². The summed E-state index contributed by atoms with van der Waals surface area (Å²) in [6.45, 7) is 8.79. The maximum atomic E-state index is 12.0. The van der Waals surface area contributed by atoms with Crippen molar-refractivity contribution in [1.82, 2.24) is 15.0 Å². The number of sulfone groups is 1. The lowest BCUT2D eigenvalue weighted by Gasteiger charge is -2.16. The Morgan fingerprint density at radius 3 is 2.20 bits per heavy atom. The van der Waals surface area contributed by atoms with Gasteiger partial charge < -0.3 is 0 Å². The van der Waals surface area contributed by atoms with E-state index >= 15 is 0 Å². The Hall–Kier alpha value is -0.910. The minimum absolute atomic E-state index is 0.0451. The third-order valence-electron chi connectivity index (χ3n) is 2.10. The first-order chi connectivity index (χ1) is 6.66. The van der Waals surface area contributed by atoms with E-state index in [9.17, 15) is 8.42 Å². The average Bonchev–Trinajstić information content (AvgIpc) is 2.49. The van der Waals surface area contributed by atoms with Gasteiger partial charge in [-0.1, -0.05) is 5.21 Å². The monoisotopic (exact) mass is 231 g/mol. The van der Waals surface area contributed by atoms with Crippen molar-refractivity contribution in [1.29, 1.82) is 0 Å². The number of aromatic nitrogens is 3. The third-order valence-corrected chi connectivity index (χ3v) is 4.45. The molecule has 0 spiro atoms. The van der Waals surface area contributed by atoms with E-state index in [0.29, 0.717) is 0 Å². The van der Waals surface area contributed by atoms with Gasteiger partial charge in [0.1, 0.15) is 0 Å². The molecule has 0 saturated carbocycles. The number of hydrogen-bond donors (Lipinski definition) is 0. The van der Waals surface area contributed by atoms with E-state index < -0.39 is 14.6 Å². The second-order valence-electron chi connectivity index (χ2n) is 4.75. The normalized spacial score (nSPS) is 13.5. The van der Waals surface area contributed by atoms with Crippen LogP contribution in [0.3, 0.4) is 0 Å². The fourth-order valence-electron chi connectivity index (χ4n) is 0.950. The highest BCUT2D eigenvalue weighted by Gasteiger charge is 2.33. The SMILES string of the molecule is CC(C)n1cc(S(=O)(=O)C(C)(C)C)nn1. The average molecular weight is 231 g/mol. The van der Waals surface area contributed by atoms with Crippen LogP contribution in [-0.2, 0) is 9.84 Å². The van der Waals surface area contributed by atoms with Gasteiger partial charge in [-0.15, -0.1) is 5.10 Å². The van der Waals surface area contributed by atoms with E-state index in [1.807, 2.05) is 13.8 Å². The van der Waals surface area contributed by atoms with Crippen molar-refractivity contribution in [2.75, 3.05) is 0 Å². The zero-order valence-electron chi connectivity index (χ0n) is 9.72. The molecule has 0 fully saturated rings. The summed E-state index contributed by atoms with van der Waals surface area (Å²) in [6, 6.07) is 0.112. The molecular formula is C9H17N3O2S. The van der Waals surface area contributed by atoms with E-state index in [2.05, 4.69) is 10.3 Å². The van der Waals surface area contributed by atoms with Crippen molar-refractivity contribution in [3.63, 3.8) is 0 Å². The summed E-state index contributed by atoms with van der Waals surface area (Å²) < 4.78 is 24.6. The highest BCUT2D eigenvalue weighted by molar-refractivity contribution is 7.92. The van der Waals surface area contributed by atoms with Crippen LogP contribution in [0.25, 0.3) is 0 Å². The summed E-state index contributed by atoms with van der Waals surface area (Å²) in [6.07, 6.45) is 1.48. The molecule has 15 heavy (non-hydrogen) atoms. The molecule has 1 heterocycles. The molecule has 0 aliphatic rings. The van der Waals surface area contributed by atoms with Crippen molar-refractivity contribution in [2.24, 2.45) is 0 Å². The van der Waals surface area contributed by atoms with Gasteiger partial charge in [0.05, 0.1) is 10.9 Å². The lowest BCUT2D eigenvalue weighted by atomic mass is 10.3. The summed E-state index contributed by atoms with van der Waals surface area (Å²) in [5, 5.41) is 7.53. The zero-order valence-corrected chi connectivity index (χ0v) is 10.5. The number of hydrogen-bond acceptors (Lipinski definition) is 4. The number of rotatable bonds is 2. The summed E-state index contributed by atoms with van der Waals surface area (Å²) in [7, 11) is -3.38. The Labute approximate surface area is 90.4 Å². The van der Waals surface area contributed by atoms with E-state index in [4.69, 9.17) is 0 Å². The van der Waals surface area contributed by atoms with Crippen molar-refractivity contribution in [3.05, 3.63) is 6.20 Å². The zero-order chi connectivity index (χ0) is 11.9. The Bertz CT molecular complexity index is 440. The van der Waals surface area contributed by atoms with E-state index in [1.54, 1.807) is 25.5 Å². The van der Waals surface area contributed by atoms with Gasteiger partial charge >= 0.3 is 0 Å². The summed E-state index contributed by atoms with van der Waals surface area (Å²) in [4.78, 5) is 0. The molecular weight excluding hydrogens is 214 g/mol. The minimum Gasteiger partial charge on any atom is -0.249 e. The molecule has 6 heteroatoms. The van der Waals surface area contributed by atoms with Crippen molar-refractivity contribution < 1.29 is 8.42 Å². The molecule has 1 rings (SSSR count). The molecule has 86 valence electrons. The molecule has 0 bridgehead atoms. The smallest absolute Gasteiger partial charge is 0.203 e. The molecule has 0 amide bonds. The predicted molar refractivity (Wildman–Crippen MR) is 57.3 cm³/mol. The molecule has 1 aromatic heterocycles. The summed E-state index contributed by atoms with van der Waals surface area (Å²) in [5.41, 5.74) is 0. The second kappa shape index (κ2) is 3.59. The second-order valence-corrected chi connectivity index (χ2v) is 7.40. The molecule has 1 aromatic rings. The molecule has 0 unspecified atom stereocenters. The highest BCUT2D eigenvalue weighted by atomic mass is 32.2. The molecule has 0 aliphatic carbocycles. The van der Waals surface area contributed by atoms with Crippen LogP contribution in [0.2, 0.25) is 0 Å². The van der Waals surface area contributed by atoms with Gasteiger partial charge in [0.25, 0.3) is 0 Å². The molecule has 5 nitrogen and oxygen atoms in total. The van der Waals surface area contributed by atoms with Crippen LogP contribution in [-0.4, -0.2) is 28.2 Å². The summed E-state index contributed by atoms with van der Waals surface area (Å²) in [5.74, 6) is 0. The summed E-state index contributed by atoms with van der Waals surface area (Å²) >= 11 is 0. The minimum atomic E-state index is -3.38. The Morgan fingerprint density at radius 2 is 1.87 bits per heavy atom. The van der Waals surface area contributed by atoms with Gasteiger partial charge in [-0.3, -0.25) is 0 Å². The van der Waals surface area contributed by atoms with Crippen molar-refractivity contribution >= 4 is 9.84 Å². The van der Waals surface area contributed by atoms with Gasteiger partial charge in [0, 0.05) is 6.04 Å². The van der Waals surface area contributed by atoms with Gasteiger partial charge in [-0.2, -0.15) is 0 Å². The van der Waals surface area contributed by atoms with Crippen LogP contribution >= 0.6 is 0 Å². The molecule has 0 N–H and O–H groups in total. The van der Waals surface area contributed by atoms with Crippen LogP contribution < -0.4 is 0 Å². The van der Waals surface area contributed by atoms with Crippen LogP contribution in [0, 0.1) is 0 Å². The van der Waals surface area contributed by atoms with E-state index in [-0.39, 0.29) is 11.1 Å². The molecule has 0 saturated heterocycles. The molecule has 0 radical (unpaired) electrons. The fraction of sp³-hybridized carbons (Fsp3) is 0.778. The Balaban J connectivity index is 3.19. The predicted octanol–water partition coefficient (Wildman–Crippen LogP) is 1.43. The largest absolute Gasteiger partial charge is 0.249 e. The third kappa shape index (κ3) is 2.19.